The van der Waals surface area contributed by atoms with E-state index in [1.807, 2.05) is 0 Å². The first-order valence-corrected chi connectivity index (χ1v) is 8.57. The lowest BCUT2D eigenvalue weighted by Crippen LogP contribution is -2.45. The molecule has 0 heterocycles. The Morgan fingerprint density at radius 3 is 2.05 bits per heavy atom. The van der Waals surface area contributed by atoms with Crippen LogP contribution in [-0.2, 0) is 4.79 Å². The maximum absolute atomic E-state index is 12.9. The van der Waals surface area contributed by atoms with Gasteiger partial charge in [0.1, 0.15) is 0 Å². The van der Waals surface area contributed by atoms with Crippen molar-refractivity contribution >= 4 is 11.6 Å². The number of anilines is 1. The van der Waals surface area contributed by atoms with Crippen LogP contribution in [0, 0.1) is 31.6 Å². The molecule has 1 aliphatic carbocycles. The third-order valence-corrected chi connectivity index (χ3v) is 6.22. The van der Waals surface area contributed by atoms with Crippen LogP contribution in [0.3, 0.4) is 0 Å². The molecule has 22 heavy (non-hydrogen) atoms. The van der Waals surface area contributed by atoms with Crippen molar-refractivity contribution in [1.29, 1.82) is 0 Å². The highest BCUT2D eigenvalue weighted by atomic mass is 16.2. The molecule has 122 valence electrons. The largest absolute Gasteiger partial charge is 0.326 e. The quantitative estimate of drug-likeness (QED) is 0.779. The van der Waals surface area contributed by atoms with E-state index in [-0.39, 0.29) is 16.7 Å². The second-order valence-electron chi connectivity index (χ2n) is 7.94. The van der Waals surface area contributed by atoms with Crippen molar-refractivity contribution in [3.8, 4) is 0 Å². The van der Waals surface area contributed by atoms with Gasteiger partial charge in [0.05, 0.1) is 0 Å². The average Bonchev–Trinajstić information content (AvgIpc) is 2.45. The van der Waals surface area contributed by atoms with Crippen LogP contribution in [-0.4, -0.2) is 5.91 Å². The topological polar surface area (TPSA) is 29.1 Å². The molecular formula is C20H31NO. The van der Waals surface area contributed by atoms with Gasteiger partial charge in [-0.2, -0.15) is 0 Å². The summed E-state index contributed by atoms with van der Waals surface area (Å²) < 4.78 is 0. The van der Waals surface area contributed by atoms with Gasteiger partial charge in [-0.1, -0.05) is 40.0 Å². The van der Waals surface area contributed by atoms with E-state index in [1.54, 1.807) is 0 Å². The molecule has 1 amide bonds. The highest BCUT2D eigenvalue weighted by molar-refractivity contribution is 5.95. The summed E-state index contributed by atoms with van der Waals surface area (Å²) in [5.74, 6) is 0.152. The van der Waals surface area contributed by atoms with Gasteiger partial charge in [-0.25, -0.2) is 0 Å². The SMILES string of the molecule is Cc1cc(NC(=O)C(C)(C)C2(C)CCCCC2)cc(C)c1C. The predicted octanol–water partition coefficient (Wildman–Crippen LogP) is 5.55. The third kappa shape index (κ3) is 3.06. The Bertz CT molecular complexity index is 542. The number of carbonyl (C=O) groups is 1. The second kappa shape index (κ2) is 6.06. The molecular weight excluding hydrogens is 270 g/mol. The first-order chi connectivity index (χ1) is 10.2. The van der Waals surface area contributed by atoms with Crippen molar-refractivity contribution in [3.63, 3.8) is 0 Å². The van der Waals surface area contributed by atoms with Crippen LogP contribution in [0.4, 0.5) is 5.69 Å². The van der Waals surface area contributed by atoms with Gasteiger partial charge in [0, 0.05) is 11.1 Å². The summed E-state index contributed by atoms with van der Waals surface area (Å²) in [5, 5.41) is 3.17. The number of nitrogens with one attached hydrogen (secondary N) is 1. The summed E-state index contributed by atoms with van der Waals surface area (Å²) in [6.07, 6.45) is 6.11. The summed E-state index contributed by atoms with van der Waals surface area (Å²) in [6.45, 7) is 12.8. The van der Waals surface area contributed by atoms with Crippen LogP contribution in [0.2, 0.25) is 0 Å². The lowest BCUT2D eigenvalue weighted by molar-refractivity contribution is -0.132. The maximum Gasteiger partial charge on any atom is 0.230 e. The minimum absolute atomic E-state index is 0.101. The Morgan fingerprint density at radius 2 is 1.55 bits per heavy atom. The molecule has 0 spiro atoms. The van der Waals surface area contributed by atoms with Gasteiger partial charge in [0.2, 0.25) is 5.91 Å². The van der Waals surface area contributed by atoms with E-state index in [0.717, 1.165) is 18.5 Å². The monoisotopic (exact) mass is 301 g/mol. The molecule has 1 fully saturated rings. The van der Waals surface area contributed by atoms with Crippen molar-refractivity contribution in [2.75, 3.05) is 5.32 Å². The van der Waals surface area contributed by atoms with Crippen LogP contribution < -0.4 is 5.32 Å². The smallest absolute Gasteiger partial charge is 0.230 e. The van der Waals surface area contributed by atoms with Gasteiger partial charge in [-0.15, -0.1) is 0 Å². The second-order valence-corrected chi connectivity index (χ2v) is 7.94. The van der Waals surface area contributed by atoms with Gasteiger partial charge >= 0.3 is 0 Å². The lowest BCUT2D eigenvalue weighted by Gasteiger charge is -2.45. The molecule has 0 unspecified atom stereocenters. The fraction of sp³-hybridized carbons (Fsp3) is 0.650. The van der Waals surface area contributed by atoms with E-state index in [2.05, 4.69) is 59.0 Å². The van der Waals surface area contributed by atoms with Gasteiger partial charge in [0.15, 0.2) is 0 Å². The first kappa shape index (κ1) is 17.1. The zero-order valence-electron chi connectivity index (χ0n) is 15.1. The molecule has 2 nitrogen and oxygen atoms in total. The number of hydrogen-bond acceptors (Lipinski definition) is 1. The average molecular weight is 301 g/mol. The number of hydrogen-bond donors (Lipinski definition) is 1. The Balaban J connectivity index is 2.20. The van der Waals surface area contributed by atoms with Crippen molar-refractivity contribution in [1.82, 2.24) is 0 Å². The maximum atomic E-state index is 12.9. The van der Waals surface area contributed by atoms with Gasteiger partial charge in [0.25, 0.3) is 0 Å². The number of rotatable bonds is 3. The molecule has 2 rings (SSSR count). The Hall–Kier alpha value is -1.31. The molecule has 0 saturated heterocycles. The van der Waals surface area contributed by atoms with Crippen LogP contribution in [0.5, 0.6) is 0 Å². The molecule has 1 N–H and O–H groups in total. The number of amides is 1. The van der Waals surface area contributed by atoms with Gasteiger partial charge in [-0.05, 0) is 67.9 Å². The minimum atomic E-state index is -0.347. The third-order valence-electron chi connectivity index (χ3n) is 6.22. The highest BCUT2D eigenvalue weighted by Gasteiger charge is 2.46. The van der Waals surface area contributed by atoms with Crippen molar-refractivity contribution in [3.05, 3.63) is 28.8 Å². The number of aryl methyl sites for hydroxylation is 2. The van der Waals surface area contributed by atoms with Crippen LogP contribution in [0.15, 0.2) is 12.1 Å². The highest BCUT2D eigenvalue weighted by Crippen LogP contribution is 2.49. The Labute approximate surface area is 135 Å². The zero-order chi connectivity index (χ0) is 16.5. The zero-order valence-corrected chi connectivity index (χ0v) is 15.1. The molecule has 0 bridgehead atoms. The molecule has 1 aliphatic rings. The fourth-order valence-electron chi connectivity index (χ4n) is 3.63. The molecule has 1 aromatic rings. The first-order valence-electron chi connectivity index (χ1n) is 8.57. The van der Waals surface area contributed by atoms with Crippen LogP contribution in [0.25, 0.3) is 0 Å². The standard InChI is InChI=1S/C20H31NO/c1-14-12-17(13-15(2)16(14)3)21-18(22)19(4,5)20(6)10-8-7-9-11-20/h12-13H,7-11H2,1-6H3,(H,21,22). The molecule has 1 aromatic carbocycles. The Kier molecular flexibility index (Phi) is 4.70. The fourth-order valence-corrected chi connectivity index (χ4v) is 3.63. The Morgan fingerprint density at radius 1 is 1.05 bits per heavy atom. The predicted molar refractivity (Wildman–Crippen MR) is 94.3 cm³/mol. The summed E-state index contributed by atoms with van der Waals surface area (Å²) in [7, 11) is 0. The molecule has 0 aliphatic heterocycles. The van der Waals surface area contributed by atoms with Crippen molar-refractivity contribution < 1.29 is 4.79 Å². The molecule has 2 heteroatoms. The van der Waals surface area contributed by atoms with Crippen LogP contribution in [0.1, 0.15) is 69.6 Å². The van der Waals surface area contributed by atoms with E-state index in [1.165, 1.54) is 36.0 Å². The van der Waals surface area contributed by atoms with Gasteiger partial charge < -0.3 is 5.32 Å². The summed E-state index contributed by atoms with van der Waals surface area (Å²) in [4.78, 5) is 12.9. The summed E-state index contributed by atoms with van der Waals surface area (Å²) in [5.41, 5.74) is 4.45. The molecule has 0 radical (unpaired) electrons. The van der Waals surface area contributed by atoms with E-state index in [0.29, 0.717) is 0 Å². The minimum Gasteiger partial charge on any atom is -0.326 e. The van der Waals surface area contributed by atoms with Gasteiger partial charge in [-0.3, -0.25) is 4.79 Å². The number of carbonyl (C=O) groups excluding carboxylic acids is 1. The normalized spacial score (nSPS) is 18.1. The van der Waals surface area contributed by atoms with Crippen molar-refractivity contribution in [2.24, 2.45) is 10.8 Å². The summed E-state index contributed by atoms with van der Waals surface area (Å²) >= 11 is 0. The van der Waals surface area contributed by atoms with Crippen LogP contribution >= 0.6 is 0 Å². The van der Waals surface area contributed by atoms with E-state index < -0.39 is 0 Å². The molecule has 0 aromatic heterocycles. The molecule has 1 saturated carbocycles. The summed E-state index contributed by atoms with van der Waals surface area (Å²) in [6, 6.07) is 4.17. The lowest BCUT2D eigenvalue weighted by atomic mass is 9.59. The number of benzene rings is 1. The van der Waals surface area contributed by atoms with E-state index in [9.17, 15) is 4.79 Å². The molecule has 0 atom stereocenters. The van der Waals surface area contributed by atoms with E-state index >= 15 is 0 Å². The van der Waals surface area contributed by atoms with Crippen molar-refractivity contribution in [2.45, 2.75) is 73.6 Å². The van der Waals surface area contributed by atoms with E-state index in [4.69, 9.17) is 0 Å².